The molecule has 1 unspecified atom stereocenters. The Labute approximate surface area is 140 Å². The van der Waals surface area contributed by atoms with Crippen LogP contribution in [0.2, 0.25) is 0 Å². The Morgan fingerprint density at radius 1 is 1.17 bits per heavy atom. The van der Waals surface area contributed by atoms with Gasteiger partial charge in [0.05, 0.1) is 25.9 Å². The average Bonchev–Trinajstić information content (AvgIpc) is 2.43. The minimum absolute atomic E-state index is 0.0889. The first-order valence-corrected chi connectivity index (χ1v) is 9.85. The summed E-state index contributed by atoms with van der Waals surface area (Å²) in [5.41, 5.74) is 0.212. The van der Waals surface area contributed by atoms with E-state index in [0.29, 0.717) is 19.6 Å². The number of urea groups is 1. The van der Waals surface area contributed by atoms with Gasteiger partial charge in [0.25, 0.3) is 0 Å². The quantitative estimate of drug-likeness (QED) is 0.689. The van der Waals surface area contributed by atoms with Gasteiger partial charge in [0, 0.05) is 31.6 Å². The van der Waals surface area contributed by atoms with E-state index in [2.05, 4.69) is 5.32 Å². The standard InChI is InChI=1S/C15H26N4O3S/c1-16-7-13(20)17-5-3-15(4-6-17)10-19(11-15)14(21)18-8-12(9-18)23(2)22/h12,16H,3-11H2,1-2H3. The third kappa shape index (κ3) is 3.29. The maximum atomic E-state index is 12.3. The largest absolute Gasteiger partial charge is 0.616 e. The van der Waals surface area contributed by atoms with E-state index in [1.54, 1.807) is 18.2 Å². The first-order valence-electron chi connectivity index (χ1n) is 8.22. The molecule has 3 heterocycles. The maximum Gasteiger partial charge on any atom is 0.320 e. The number of likely N-dealkylation sites (tertiary alicyclic amines) is 3. The highest BCUT2D eigenvalue weighted by Gasteiger charge is 2.49. The molecule has 8 heteroatoms. The Morgan fingerprint density at radius 3 is 2.30 bits per heavy atom. The van der Waals surface area contributed by atoms with Gasteiger partial charge < -0.3 is 24.6 Å². The summed E-state index contributed by atoms with van der Waals surface area (Å²) in [7, 11) is 1.78. The van der Waals surface area contributed by atoms with Crippen molar-refractivity contribution in [2.45, 2.75) is 18.1 Å². The molecule has 1 N–H and O–H groups in total. The molecule has 0 bridgehead atoms. The zero-order chi connectivity index (χ0) is 16.6. The molecule has 0 aromatic carbocycles. The number of amides is 3. The number of carbonyl (C=O) groups excluding carboxylic acids is 2. The normalized spacial score (nSPS) is 25.1. The zero-order valence-electron chi connectivity index (χ0n) is 13.9. The monoisotopic (exact) mass is 342 g/mol. The molecule has 0 radical (unpaired) electrons. The van der Waals surface area contributed by atoms with Crippen molar-refractivity contribution in [3.63, 3.8) is 0 Å². The van der Waals surface area contributed by atoms with Crippen LogP contribution in [0.1, 0.15) is 12.8 Å². The zero-order valence-corrected chi connectivity index (χ0v) is 14.7. The number of rotatable bonds is 3. The SMILES string of the molecule is CNCC(=O)N1CCC2(CC1)CN(C(=O)N1CC([S+](C)[O-])C1)C2. The lowest BCUT2D eigenvalue weighted by atomic mass is 9.72. The van der Waals surface area contributed by atoms with Crippen LogP contribution < -0.4 is 5.32 Å². The summed E-state index contributed by atoms with van der Waals surface area (Å²) < 4.78 is 11.3. The summed E-state index contributed by atoms with van der Waals surface area (Å²) in [5, 5.41) is 3.05. The second kappa shape index (κ2) is 6.49. The minimum atomic E-state index is -0.834. The number of nitrogens with zero attached hydrogens (tertiary/aromatic N) is 3. The average molecular weight is 342 g/mol. The van der Waals surface area contributed by atoms with E-state index in [-0.39, 0.29) is 22.6 Å². The van der Waals surface area contributed by atoms with Crippen molar-refractivity contribution in [3.8, 4) is 0 Å². The number of piperidine rings is 1. The van der Waals surface area contributed by atoms with E-state index in [0.717, 1.165) is 39.0 Å². The van der Waals surface area contributed by atoms with Gasteiger partial charge in [-0.05, 0) is 19.9 Å². The topological polar surface area (TPSA) is 79.0 Å². The smallest absolute Gasteiger partial charge is 0.320 e. The van der Waals surface area contributed by atoms with Gasteiger partial charge in [0.15, 0.2) is 0 Å². The Kier molecular flexibility index (Phi) is 4.75. The lowest BCUT2D eigenvalue weighted by molar-refractivity contribution is -0.134. The predicted molar refractivity (Wildman–Crippen MR) is 88.6 cm³/mol. The molecule has 3 aliphatic rings. The number of nitrogens with one attached hydrogen (secondary N) is 1. The predicted octanol–water partition coefficient (Wildman–Crippen LogP) is -0.687. The molecule has 23 heavy (non-hydrogen) atoms. The van der Waals surface area contributed by atoms with Crippen LogP contribution in [-0.4, -0.2) is 95.6 Å². The molecule has 3 amide bonds. The molecular weight excluding hydrogens is 316 g/mol. The second-order valence-corrected chi connectivity index (χ2v) is 8.74. The van der Waals surface area contributed by atoms with Crippen LogP contribution >= 0.6 is 0 Å². The van der Waals surface area contributed by atoms with Crippen LogP contribution in [-0.2, 0) is 16.0 Å². The van der Waals surface area contributed by atoms with E-state index < -0.39 is 11.2 Å². The summed E-state index contributed by atoms with van der Waals surface area (Å²) >= 11 is -0.834. The molecule has 0 aromatic heterocycles. The molecule has 1 atom stereocenters. The molecule has 0 saturated carbocycles. The molecule has 1 spiro atoms. The first kappa shape index (κ1) is 16.9. The molecule has 3 aliphatic heterocycles. The fraction of sp³-hybridized carbons (Fsp3) is 0.867. The van der Waals surface area contributed by atoms with E-state index in [1.807, 2.05) is 9.80 Å². The highest BCUT2D eigenvalue weighted by molar-refractivity contribution is 7.91. The molecule has 3 rings (SSSR count). The van der Waals surface area contributed by atoms with Crippen molar-refractivity contribution < 1.29 is 14.1 Å². The van der Waals surface area contributed by atoms with E-state index >= 15 is 0 Å². The van der Waals surface area contributed by atoms with Crippen molar-refractivity contribution in [1.82, 2.24) is 20.0 Å². The van der Waals surface area contributed by atoms with Gasteiger partial charge in [-0.15, -0.1) is 0 Å². The number of hydrogen-bond donors (Lipinski definition) is 1. The van der Waals surface area contributed by atoms with Crippen LogP contribution in [0.25, 0.3) is 0 Å². The van der Waals surface area contributed by atoms with Crippen molar-refractivity contribution in [3.05, 3.63) is 0 Å². The van der Waals surface area contributed by atoms with Gasteiger partial charge in [0.1, 0.15) is 5.25 Å². The fourth-order valence-corrected chi connectivity index (χ4v) is 4.49. The lowest BCUT2D eigenvalue weighted by Gasteiger charge is -2.55. The van der Waals surface area contributed by atoms with Gasteiger partial charge in [-0.2, -0.15) is 0 Å². The highest BCUT2D eigenvalue weighted by atomic mass is 32.2. The van der Waals surface area contributed by atoms with E-state index in [9.17, 15) is 14.1 Å². The van der Waals surface area contributed by atoms with Crippen LogP contribution in [0.5, 0.6) is 0 Å². The molecule has 3 saturated heterocycles. The summed E-state index contributed by atoms with van der Waals surface area (Å²) in [6.45, 7) is 4.83. The summed E-state index contributed by atoms with van der Waals surface area (Å²) in [6.07, 6.45) is 3.66. The van der Waals surface area contributed by atoms with Crippen molar-refractivity contribution >= 4 is 23.1 Å². The van der Waals surface area contributed by atoms with Crippen LogP contribution in [0.3, 0.4) is 0 Å². The fourth-order valence-electron chi connectivity index (χ4n) is 3.71. The van der Waals surface area contributed by atoms with Crippen molar-refractivity contribution in [2.75, 3.05) is 59.1 Å². The van der Waals surface area contributed by atoms with Gasteiger partial charge in [0.2, 0.25) is 5.91 Å². The van der Waals surface area contributed by atoms with Gasteiger partial charge >= 0.3 is 6.03 Å². The number of likely N-dealkylation sites (N-methyl/N-ethyl adjacent to an activating group) is 1. The summed E-state index contributed by atoms with van der Waals surface area (Å²) in [6, 6.07) is 0.0889. The van der Waals surface area contributed by atoms with Crippen LogP contribution in [0, 0.1) is 5.41 Å². The molecule has 7 nitrogen and oxygen atoms in total. The third-order valence-corrected chi connectivity index (χ3v) is 6.65. The van der Waals surface area contributed by atoms with Crippen LogP contribution in [0.4, 0.5) is 4.79 Å². The Bertz CT molecular complexity index is 465. The minimum Gasteiger partial charge on any atom is -0.616 e. The summed E-state index contributed by atoms with van der Waals surface area (Å²) in [4.78, 5) is 29.8. The van der Waals surface area contributed by atoms with E-state index in [1.165, 1.54) is 0 Å². The molecular formula is C15H26N4O3S. The highest BCUT2D eigenvalue weighted by Crippen LogP contribution is 2.41. The lowest BCUT2D eigenvalue weighted by Crippen LogP contribution is -2.68. The number of carbonyl (C=O) groups is 2. The second-order valence-electron chi connectivity index (χ2n) is 7.08. The number of hydrogen-bond acceptors (Lipinski definition) is 4. The Hall–Kier alpha value is -0.990. The third-order valence-electron chi connectivity index (χ3n) is 5.42. The Balaban J connectivity index is 1.41. The molecule has 3 fully saturated rings. The summed E-state index contributed by atoms with van der Waals surface area (Å²) in [5.74, 6) is 0.161. The van der Waals surface area contributed by atoms with Crippen molar-refractivity contribution in [1.29, 1.82) is 0 Å². The maximum absolute atomic E-state index is 12.3. The molecule has 0 aliphatic carbocycles. The first-order chi connectivity index (χ1) is 10.9. The van der Waals surface area contributed by atoms with Crippen molar-refractivity contribution in [2.24, 2.45) is 5.41 Å². The van der Waals surface area contributed by atoms with Gasteiger partial charge in [-0.1, -0.05) is 11.2 Å². The Morgan fingerprint density at radius 2 is 1.78 bits per heavy atom. The molecule has 130 valence electrons. The van der Waals surface area contributed by atoms with E-state index in [4.69, 9.17) is 0 Å². The van der Waals surface area contributed by atoms with Gasteiger partial charge in [-0.25, -0.2) is 4.79 Å². The van der Waals surface area contributed by atoms with Crippen LogP contribution in [0.15, 0.2) is 0 Å². The van der Waals surface area contributed by atoms with Gasteiger partial charge in [-0.3, -0.25) is 4.79 Å². The molecule has 0 aromatic rings.